The van der Waals surface area contributed by atoms with Gasteiger partial charge in [0.05, 0.1) is 19.8 Å². The maximum absolute atomic E-state index is 9.59. The van der Waals surface area contributed by atoms with Gasteiger partial charge in [0.2, 0.25) is 0 Å². The standard InChI is InChI=1S/C22H25NO3/c1-16(24)17-7-9-19(10-8-17)22-12-11-20(26-22)15-23-14-13-18-5-3-4-6-21(18)25-2/h3-12,16,23-24H,13-15H2,1-2H3. The normalized spacial score (nSPS) is 12.1. The van der Waals surface area contributed by atoms with Crippen LogP contribution in [0.5, 0.6) is 5.75 Å². The highest BCUT2D eigenvalue weighted by atomic mass is 16.5. The molecule has 2 N–H and O–H groups in total. The lowest BCUT2D eigenvalue weighted by atomic mass is 10.1. The van der Waals surface area contributed by atoms with Crippen molar-refractivity contribution < 1.29 is 14.3 Å². The molecule has 0 aliphatic rings. The molecule has 4 heteroatoms. The van der Waals surface area contributed by atoms with E-state index in [2.05, 4.69) is 11.4 Å². The molecule has 136 valence electrons. The minimum Gasteiger partial charge on any atom is -0.496 e. The van der Waals surface area contributed by atoms with Crippen LogP contribution in [0.4, 0.5) is 0 Å². The van der Waals surface area contributed by atoms with Crippen LogP contribution >= 0.6 is 0 Å². The highest BCUT2D eigenvalue weighted by Crippen LogP contribution is 2.24. The van der Waals surface area contributed by atoms with Crippen molar-refractivity contribution in [2.45, 2.75) is 26.0 Å². The molecule has 0 saturated heterocycles. The van der Waals surface area contributed by atoms with Gasteiger partial charge in [-0.25, -0.2) is 0 Å². The maximum atomic E-state index is 9.59. The smallest absolute Gasteiger partial charge is 0.134 e. The summed E-state index contributed by atoms with van der Waals surface area (Å²) in [5, 5.41) is 13.0. The van der Waals surface area contributed by atoms with Gasteiger partial charge < -0.3 is 19.6 Å². The quantitative estimate of drug-likeness (QED) is 0.593. The minimum atomic E-state index is -0.455. The largest absolute Gasteiger partial charge is 0.496 e. The first-order chi connectivity index (χ1) is 12.7. The summed E-state index contributed by atoms with van der Waals surface area (Å²) in [6.07, 6.45) is 0.446. The van der Waals surface area contributed by atoms with E-state index in [-0.39, 0.29) is 0 Å². The van der Waals surface area contributed by atoms with Crippen molar-refractivity contribution in [2.75, 3.05) is 13.7 Å². The highest BCUT2D eigenvalue weighted by Gasteiger charge is 2.07. The summed E-state index contributed by atoms with van der Waals surface area (Å²) in [7, 11) is 1.70. The predicted molar refractivity (Wildman–Crippen MR) is 103 cm³/mol. The van der Waals surface area contributed by atoms with Crippen molar-refractivity contribution in [1.29, 1.82) is 0 Å². The minimum absolute atomic E-state index is 0.455. The number of ether oxygens (including phenoxy) is 1. The Morgan fingerprint density at radius 2 is 1.81 bits per heavy atom. The first kappa shape index (κ1) is 18.2. The molecule has 2 aromatic carbocycles. The van der Waals surface area contributed by atoms with Gasteiger partial charge in [-0.1, -0.05) is 42.5 Å². The molecule has 0 radical (unpaired) electrons. The zero-order valence-corrected chi connectivity index (χ0v) is 15.2. The molecule has 1 heterocycles. The lowest BCUT2D eigenvalue weighted by molar-refractivity contribution is 0.199. The first-order valence-corrected chi connectivity index (χ1v) is 8.87. The number of aliphatic hydroxyl groups excluding tert-OH is 1. The molecule has 3 rings (SSSR count). The Hall–Kier alpha value is -2.56. The molecule has 1 unspecified atom stereocenters. The van der Waals surface area contributed by atoms with Crippen LogP contribution < -0.4 is 10.1 Å². The number of furan rings is 1. The van der Waals surface area contributed by atoms with Crippen LogP contribution in [0, 0.1) is 0 Å². The van der Waals surface area contributed by atoms with Crippen LogP contribution in [0.15, 0.2) is 65.1 Å². The van der Waals surface area contributed by atoms with Gasteiger partial charge in [-0.3, -0.25) is 0 Å². The van der Waals surface area contributed by atoms with Crippen molar-refractivity contribution in [3.8, 4) is 17.1 Å². The van der Waals surface area contributed by atoms with Crippen LogP contribution in [-0.2, 0) is 13.0 Å². The number of aliphatic hydroxyl groups is 1. The topological polar surface area (TPSA) is 54.6 Å². The Labute approximate surface area is 154 Å². The third-order valence-electron chi connectivity index (χ3n) is 4.40. The molecular formula is C22H25NO3. The van der Waals surface area contributed by atoms with E-state index in [0.29, 0.717) is 6.54 Å². The number of benzene rings is 2. The van der Waals surface area contributed by atoms with E-state index in [0.717, 1.165) is 41.4 Å². The fraction of sp³-hybridized carbons (Fsp3) is 0.273. The average molecular weight is 351 g/mol. The van der Waals surface area contributed by atoms with Gasteiger partial charge >= 0.3 is 0 Å². The van der Waals surface area contributed by atoms with Gasteiger partial charge in [0.15, 0.2) is 0 Å². The fourth-order valence-electron chi connectivity index (χ4n) is 2.90. The van der Waals surface area contributed by atoms with Crippen LogP contribution in [-0.4, -0.2) is 18.8 Å². The highest BCUT2D eigenvalue weighted by molar-refractivity contribution is 5.58. The second-order valence-electron chi connectivity index (χ2n) is 6.30. The number of methoxy groups -OCH3 is 1. The van der Waals surface area contributed by atoms with Crippen LogP contribution in [0.3, 0.4) is 0 Å². The third-order valence-corrected chi connectivity index (χ3v) is 4.40. The zero-order chi connectivity index (χ0) is 18.4. The van der Waals surface area contributed by atoms with Gasteiger partial charge in [0.25, 0.3) is 0 Å². The molecule has 0 bridgehead atoms. The fourth-order valence-corrected chi connectivity index (χ4v) is 2.90. The van der Waals surface area contributed by atoms with Crippen molar-refractivity contribution in [2.24, 2.45) is 0 Å². The molecule has 4 nitrogen and oxygen atoms in total. The van der Waals surface area contributed by atoms with E-state index >= 15 is 0 Å². The summed E-state index contributed by atoms with van der Waals surface area (Å²) in [5.74, 6) is 2.67. The Balaban J connectivity index is 1.52. The SMILES string of the molecule is COc1ccccc1CCNCc1ccc(-c2ccc(C(C)O)cc2)o1. The zero-order valence-electron chi connectivity index (χ0n) is 15.2. The number of rotatable bonds is 8. The number of nitrogens with one attached hydrogen (secondary N) is 1. The molecule has 0 fully saturated rings. The summed E-state index contributed by atoms with van der Waals surface area (Å²) in [6, 6.07) is 19.8. The molecule has 0 aliphatic heterocycles. The summed E-state index contributed by atoms with van der Waals surface area (Å²) in [4.78, 5) is 0. The van der Waals surface area contributed by atoms with Gasteiger partial charge in [-0.15, -0.1) is 0 Å². The monoisotopic (exact) mass is 351 g/mol. The average Bonchev–Trinajstić information content (AvgIpc) is 3.14. The molecule has 1 atom stereocenters. The van der Waals surface area contributed by atoms with E-state index < -0.39 is 6.10 Å². The number of para-hydroxylation sites is 1. The molecule has 0 saturated carbocycles. The molecule has 0 amide bonds. The van der Waals surface area contributed by atoms with Crippen molar-refractivity contribution in [3.63, 3.8) is 0 Å². The second-order valence-corrected chi connectivity index (χ2v) is 6.30. The summed E-state index contributed by atoms with van der Waals surface area (Å²) in [6.45, 7) is 3.29. The molecule has 3 aromatic rings. The first-order valence-electron chi connectivity index (χ1n) is 8.87. The molecule has 1 aromatic heterocycles. The predicted octanol–water partition coefficient (Wildman–Crippen LogP) is 4.34. The molecular weight excluding hydrogens is 326 g/mol. The van der Waals surface area contributed by atoms with Gasteiger partial charge in [-0.2, -0.15) is 0 Å². The van der Waals surface area contributed by atoms with Crippen LogP contribution in [0.2, 0.25) is 0 Å². The van der Waals surface area contributed by atoms with E-state index in [1.165, 1.54) is 5.56 Å². The third kappa shape index (κ3) is 4.54. The Morgan fingerprint density at radius 1 is 1.04 bits per heavy atom. The summed E-state index contributed by atoms with van der Waals surface area (Å²) >= 11 is 0. The van der Waals surface area contributed by atoms with Crippen molar-refractivity contribution >= 4 is 0 Å². The molecule has 0 spiro atoms. The summed E-state index contributed by atoms with van der Waals surface area (Å²) in [5.41, 5.74) is 3.11. The lowest BCUT2D eigenvalue weighted by Gasteiger charge is -2.08. The van der Waals surface area contributed by atoms with Gasteiger partial charge in [0.1, 0.15) is 17.3 Å². The second kappa shape index (κ2) is 8.70. The van der Waals surface area contributed by atoms with E-state index in [9.17, 15) is 5.11 Å². The van der Waals surface area contributed by atoms with E-state index in [1.54, 1.807) is 14.0 Å². The van der Waals surface area contributed by atoms with Crippen LogP contribution in [0.25, 0.3) is 11.3 Å². The Bertz CT molecular complexity index is 821. The molecule has 26 heavy (non-hydrogen) atoms. The number of hydrogen-bond acceptors (Lipinski definition) is 4. The van der Waals surface area contributed by atoms with E-state index in [1.807, 2.05) is 54.6 Å². The lowest BCUT2D eigenvalue weighted by Crippen LogP contribution is -2.16. The van der Waals surface area contributed by atoms with Gasteiger partial charge in [0, 0.05) is 5.56 Å². The Kier molecular flexibility index (Phi) is 6.10. The van der Waals surface area contributed by atoms with Crippen molar-refractivity contribution in [1.82, 2.24) is 5.32 Å². The van der Waals surface area contributed by atoms with Crippen molar-refractivity contribution in [3.05, 3.63) is 77.6 Å². The maximum Gasteiger partial charge on any atom is 0.134 e. The summed E-state index contributed by atoms with van der Waals surface area (Å²) < 4.78 is 11.3. The van der Waals surface area contributed by atoms with E-state index in [4.69, 9.17) is 9.15 Å². The van der Waals surface area contributed by atoms with Gasteiger partial charge in [-0.05, 0) is 49.2 Å². The molecule has 0 aliphatic carbocycles. The van der Waals surface area contributed by atoms with Crippen LogP contribution in [0.1, 0.15) is 29.9 Å². The number of hydrogen-bond donors (Lipinski definition) is 2. The Morgan fingerprint density at radius 3 is 2.54 bits per heavy atom.